The molecule has 13 heteroatoms. The second kappa shape index (κ2) is 8.43. The maximum absolute atomic E-state index is 12.2. The summed E-state index contributed by atoms with van der Waals surface area (Å²) in [6, 6.07) is 12.5. The molecule has 0 aliphatic carbocycles. The second-order valence-electron chi connectivity index (χ2n) is 6.53. The molecule has 0 bridgehead atoms. The first-order chi connectivity index (χ1) is 15.4. The van der Waals surface area contributed by atoms with Gasteiger partial charge < -0.3 is 0 Å². The van der Waals surface area contributed by atoms with Crippen molar-refractivity contribution in [1.29, 1.82) is 0 Å². The lowest BCUT2D eigenvalue weighted by Crippen LogP contribution is -2.31. The Bertz CT molecular complexity index is 1340. The van der Waals surface area contributed by atoms with Crippen LogP contribution < -0.4 is 10.9 Å². The Morgan fingerprint density at radius 1 is 0.969 bits per heavy atom. The molecule has 0 unspecified atom stereocenters. The predicted molar refractivity (Wildman–Crippen MR) is 112 cm³/mol. The molecule has 13 nitrogen and oxygen atoms in total. The van der Waals surface area contributed by atoms with Crippen LogP contribution in [0.15, 0.2) is 61.2 Å². The van der Waals surface area contributed by atoms with Crippen LogP contribution in [0, 0.1) is 20.2 Å². The van der Waals surface area contributed by atoms with E-state index >= 15 is 0 Å². The largest absolute Gasteiger partial charge is 0.355 e. The Morgan fingerprint density at radius 2 is 1.72 bits per heavy atom. The van der Waals surface area contributed by atoms with Crippen LogP contribution in [0.25, 0.3) is 16.9 Å². The number of benzene rings is 2. The van der Waals surface area contributed by atoms with Crippen molar-refractivity contribution in [3.05, 3.63) is 87.0 Å². The zero-order valence-corrected chi connectivity index (χ0v) is 16.2. The molecule has 0 spiro atoms. The summed E-state index contributed by atoms with van der Waals surface area (Å²) in [6.45, 7) is 0. The average molecular weight is 434 g/mol. The fraction of sp³-hybridized carbons (Fsp3) is 0.0526. The highest BCUT2D eigenvalue weighted by molar-refractivity contribution is 5.81. The van der Waals surface area contributed by atoms with E-state index in [4.69, 9.17) is 0 Å². The van der Waals surface area contributed by atoms with E-state index in [-0.39, 0.29) is 23.7 Å². The topological polar surface area (TPSA) is 171 Å². The van der Waals surface area contributed by atoms with Crippen molar-refractivity contribution in [3.8, 4) is 5.82 Å². The summed E-state index contributed by atoms with van der Waals surface area (Å²) in [6.07, 6.45) is 2.43. The third kappa shape index (κ3) is 4.02. The van der Waals surface area contributed by atoms with Crippen molar-refractivity contribution >= 4 is 34.1 Å². The first-order valence-corrected chi connectivity index (χ1v) is 9.14. The van der Waals surface area contributed by atoms with Gasteiger partial charge in [0, 0.05) is 12.1 Å². The van der Waals surface area contributed by atoms with Gasteiger partial charge in [-0.2, -0.15) is 0 Å². The van der Waals surface area contributed by atoms with Gasteiger partial charge in [-0.05, 0) is 17.7 Å². The SMILES string of the molecule is O=C(Cc1ccc([N+](=O)[O-])cc1)NNc1ncnc(-n2cnc3ccccc32)c1[N+](=O)[O-]. The Morgan fingerprint density at radius 3 is 2.44 bits per heavy atom. The van der Waals surface area contributed by atoms with E-state index in [1.807, 2.05) is 0 Å². The van der Waals surface area contributed by atoms with Gasteiger partial charge in [-0.1, -0.05) is 24.3 Å². The third-order valence-corrected chi connectivity index (χ3v) is 4.50. The second-order valence-corrected chi connectivity index (χ2v) is 6.53. The molecule has 1 amide bonds. The molecule has 160 valence electrons. The molecule has 0 atom stereocenters. The van der Waals surface area contributed by atoms with Gasteiger partial charge in [0.15, 0.2) is 0 Å². The van der Waals surface area contributed by atoms with Crippen molar-refractivity contribution in [2.45, 2.75) is 6.42 Å². The van der Waals surface area contributed by atoms with Gasteiger partial charge in [0.1, 0.15) is 12.7 Å². The zero-order valence-electron chi connectivity index (χ0n) is 16.2. The number of aromatic nitrogens is 4. The molecule has 2 aromatic carbocycles. The van der Waals surface area contributed by atoms with Crippen LogP contribution >= 0.6 is 0 Å². The Hall–Kier alpha value is -4.94. The highest BCUT2D eigenvalue weighted by atomic mass is 16.6. The van der Waals surface area contributed by atoms with Gasteiger partial charge in [0.05, 0.1) is 27.3 Å². The highest BCUT2D eigenvalue weighted by Crippen LogP contribution is 2.29. The summed E-state index contributed by atoms with van der Waals surface area (Å²) in [5.74, 6) is -0.762. The molecule has 0 aliphatic rings. The molecule has 0 saturated heterocycles. The van der Waals surface area contributed by atoms with E-state index in [2.05, 4.69) is 25.8 Å². The summed E-state index contributed by atoms with van der Waals surface area (Å²) in [7, 11) is 0. The number of imidazole rings is 1. The van der Waals surface area contributed by atoms with Crippen LogP contribution in [-0.4, -0.2) is 35.3 Å². The smallest absolute Gasteiger partial charge is 0.277 e. The first kappa shape index (κ1) is 20.3. The van der Waals surface area contributed by atoms with Crippen molar-refractivity contribution in [3.63, 3.8) is 0 Å². The summed E-state index contributed by atoms with van der Waals surface area (Å²) >= 11 is 0. The fourth-order valence-corrected chi connectivity index (χ4v) is 3.03. The maximum atomic E-state index is 12.2. The molecule has 0 radical (unpaired) electrons. The van der Waals surface area contributed by atoms with Crippen LogP contribution in [0.5, 0.6) is 0 Å². The molecule has 2 aromatic heterocycles. The number of amides is 1. The molecule has 0 saturated carbocycles. The fourth-order valence-electron chi connectivity index (χ4n) is 3.03. The lowest BCUT2D eigenvalue weighted by Gasteiger charge is -2.10. The molecule has 4 rings (SSSR count). The third-order valence-electron chi connectivity index (χ3n) is 4.50. The zero-order chi connectivity index (χ0) is 22.7. The number of hydrogen-bond donors (Lipinski definition) is 2. The number of hydrazine groups is 1. The summed E-state index contributed by atoms with van der Waals surface area (Å²) in [4.78, 5) is 45.6. The van der Waals surface area contributed by atoms with Crippen LogP contribution in [0.1, 0.15) is 5.56 Å². The molecular formula is C19H14N8O5. The lowest BCUT2D eigenvalue weighted by atomic mass is 10.1. The van der Waals surface area contributed by atoms with E-state index in [0.29, 0.717) is 16.6 Å². The highest BCUT2D eigenvalue weighted by Gasteiger charge is 2.25. The van der Waals surface area contributed by atoms with Gasteiger partial charge in [-0.25, -0.2) is 15.0 Å². The number of carbonyl (C=O) groups excluding carboxylic acids is 1. The number of rotatable bonds is 7. The monoisotopic (exact) mass is 434 g/mol. The van der Waals surface area contributed by atoms with Crippen molar-refractivity contribution in [2.75, 3.05) is 5.43 Å². The number of non-ortho nitro benzene ring substituents is 1. The summed E-state index contributed by atoms with van der Waals surface area (Å²) in [5.41, 5.74) is 6.03. The first-order valence-electron chi connectivity index (χ1n) is 9.14. The molecule has 2 heterocycles. The number of anilines is 1. The average Bonchev–Trinajstić information content (AvgIpc) is 3.21. The van der Waals surface area contributed by atoms with E-state index in [9.17, 15) is 25.0 Å². The number of carbonyl (C=O) groups is 1. The van der Waals surface area contributed by atoms with Crippen LogP contribution in [-0.2, 0) is 11.2 Å². The molecule has 4 aromatic rings. The summed E-state index contributed by atoms with van der Waals surface area (Å²) < 4.78 is 1.46. The van der Waals surface area contributed by atoms with Crippen LogP contribution in [0.4, 0.5) is 17.2 Å². The minimum atomic E-state index is -0.658. The molecular weight excluding hydrogens is 420 g/mol. The van der Waals surface area contributed by atoms with Crippen molar-refractivity contribution in [2.24, 2.45) is 0 Å². The number of para-hydroxylation sites is 2. The van der Waals surface area contributed by atoms with Gasteiger partial charge in [0.25, 0.3) is 5.69 Å². The number of nitrogens with one attached hydrogen (secondary N) is 2. The molecule has 2 N–H and O–H groups in total. The maximum Gasteiger partial charge on any atom is 0.355 e. The van der Waals surface area contributed by atoms with Gasteiger partial charge in [-0.3, -0.25) is 40.4 Å². The molecule has 32 heavy (non-hydrogen) atoms. The van der Waals surface area contributed by atoms with E-state index < -0.39 is 21.4 Å². The lowest BCUT2D eigenvalue weighted by molar-refractivity contribution is -0.384. The minimum absolute atomic E-state index is 0.0224. The number of hydrogen-bond acceptors (Lipinski definition) is 9. The standard InChI is InChI=1S/C19H14N8O5/c28-16(9-12-5-7-13(8-6-12)26(29)30)23-24-18-17(27(31)32)19(21-10-20-18)25-11-22-14-3-1-2-4-15(14)25/h1-8,10-11H,9H2,(H,23,28)(H,20,21,24). The van der Waals surface area contributed by atoms with E-state index in [1.165, 1.54) is 35.2 Å². The Balaban J connectivity index is 1.55. The van der Waals surface area contributed by atoms with E-state index in [1.54, 1.807) is 24.3 Å². The molecule has 0 fully saturated rings. The van der Waals surface area contributed by atoms with E-state index in [0.717, 1.165) is 6.33 Å². The quantitative estimate of drug-likeness (QED) is 0.327. The Labute approximate surface area is 179 Å². The number of nitro groups is 2. The van der Waals surface area contributed by atoms with Gasteiger partial charge in [-0.15, -0.1) is 0 Å². The Kier molecular flexibility index (Phi) is 5.36. The van der Waals surface area contributed by atoms with Gasteiger partial charge in [0.2, 0.25) is 17.5 Å². The van der Waals surface area contributed by atoms with Crippen LogP contribution in [0.3, 0.4) is 0 Å². The van der Waals surface area contributed by atoms with Crippen molar-refractivity contribution in [1.82, 2.24) is 24.9 Å². The number of fused-ring (bicyclic) bond motifs is 1. The number of nitro benzene ring substituents is 1. The van der Waals surface area contributed by atoms with Crippen molar-refractivity contribution < 1.29 is 14.6 Å². The predicted octanol–water partition coefficient (Wildman–Crippen LogP) is 2.32. The normalized spacial score (nSPS) is 10.6. The molecule has 0 aliphatic heterocycles. The number of nitrogens with zero attached hydrogens (tertiary/aromatic N) is 6. The van der Waals surface area contributed by atoms with Crippen LogP contribution in [0.2, 0.25) is 0 Å². The summed E-state index contributed by atoms with van der Waals surface area (Å²) in [5, 5.41) is 22.5. The van der Waals surface area contributed by atoms with Gasteiger partial charge >= 0.3 is 5.69 Å². The minimum Gasteiger partial charge on any atom is -0.277 e.